The smallest absolute Gasteiger partial charge is 0.107 e. The van der Waals surface area contributed by atoms with Crippen molar-refractivity contribution in [2.24, 2.45) is 5.73 Å². The summed E-state index contributed by atoms with van der Waals surface area (Å²) in [6, 6.07) is 6.17. The molecule has 0 fully saturated rings. The first kappa shape index (κ1) is 13.2. The van der Waals surface area contributed by atoms with Crippen LogP contribution in [0.15, 0.2) is 33.4 Å². The molecule has 5 heteroatoms. The zero-order valence-corrected chi connectivity index (χ0v) is 12.6. The summed E-state index contributed by atoms with van der Waals surface area (Å²) in [5.74, 6) is 0. The third-order valence-electron chi connectivity index (χ3n) is 2.33. The lowest BCUT2D eigenvalue weighted by Crippen LogP contribution is -2.26. The fraction of sp³-hybridized carbons (Fsp3) is 0.333. The minimum absolute atomic E-state index is 0.0134. The number of thiophene rings is 2. The van der Waals surface area contributed by atoms with Crippen molar-refractivity contribution in [3.05, 3.63) is 43.2 Å². The predicted molar refractivity (Wildman–Crippen MR) is 77.5 cm³/mol. The Bertz CT molecular complexity index is 453. The molecule has 17 heavy (non-hydrogen) atoms. The second-order valence-electron chi connectivity index (χ2n) is 3.84. The van der Waals surface area contributed by atoms with Crippen molar-refractivity contribution in [2.45, 2.75) is 25.7 Å². The molecular formula is C12H14BrNOS2. The molecule has 0 saturated heterocycles. The summed E-state index contributed by atoms with van der Waals surface area (Å²) < 4.78 is 7.01. The van der Waals surface area contributed by atoms with E-state index in [2.05, 4.69) is 38.8 Å². The monoisotopic (exact) mass is 331 g/mol. The molecule has 0 aliphatic rings. The Kier molecular flexibility index (Phi) is 4.76. The zero-order valence-electron chi connectivity index (χ0n) is 9.43. The molecule has 0 bridgehead atoms. The number of rotatable bonds is 5. The van der Waals surface area contributed by atoms with Crippen molar-refractivity contribution in [1.29, 1.82) is 0 Å². The molecule has 2 nitrogen and oxygen atoms in total. The number of ether oxygens (including phenoxy) is 1. The average Bonchev–Trinajstić information content (AvgIpc) is 2.90. The maximum atomic E-state index is 5.99. The third kappa shape index (κ3) is 3.63. The predicted octanol–water partition coefficient (Wildman–Crippen LogP) is 4.18. The van der Waals surface area contributed by atoms with E-state index in [1.54, 1.807) is 22.7 Å². The summed E-state index contributed by atoms with van der Waals surface area (Å²) in [5.41, 5.74) is 5.99. The second-order valence-corrected chi connectivity index (χ2v) is 6.73. The molecule has 92 valence electrons. The minimum Gasteiger partial charge on any atom is -0.366 e. The Balaban J connectivity index is 2.03. The van der Waals surface area contributed by atoms with Gasteiger partial charge in [0.1, 0.15) is 6.10 Å². The SMILES string of the molecule is CC(N)C(OCc1cccs1)c1cc(Br)cs1. The van der Waals surface area contributed by atoms with Gasteiger partial charge in [-0.3, -0.25) is 0 Å². The molecule has 0 saturated carbocycles. The van der Waals surface area contributed by atoms with E-state index in [4.69, 9.17) is 10.5 Å². The van der Waals surface area contributed by atoms with Crippen LogP contribution in [0.25, 0.3) is 0 Å². The van der Waals surface area contributed by atoms with Gasteiger partial charge < -0.3 is 10.5 Å². The summed E-state index contributed by atoms with van der Waals surface area (Å²) >= 11 is 6.84. The second kappa shape index (κ2) is 6.11. The summed E-state index contributed by atoms with van der Waals surface area (Å²) in [6.45, 7) is 2.60. The standard InChI is InChI=1S/C12H14BrNOS2/c1-8(14)12(11-5-9(13)7-17-11)15-6-10-3-2-4-16-10/h2-5,7-8,12H,6,14H2,1H3. The van der Waals surface area contributed by atoms with Gasteiger partial charge in [0.05, 0.1) is 6.61 Å². The van der Waals surface area contributed by atoms with E-state index in [0.717, 1.165) is 4.47 Å². The number of nitrogens with two attached hydrogens (primary N) is 1. The summed E-state index contributed by atoms with van der Waals surface area (Å²) in [7, 11) is 0. The van der Waals surface area contributed by atoms with Gasteiger partial charge in [0.15, 0.2) is 0 Å². The fourth-order valence-electron chi connectivity index (χ4n) is 1.54. The molecule has 0 spiro atoms. The molecule has 0 aromatic carbocycles. The normalized spacial score (nSPS) is 14.8. The Morgan fingerprint density at radius 2 is 2.29 bits per heavy atom. The van der Waals surface area contributed by atoms with Crippen LogP contribution in [-0.4, -0.2) is 6.04 Å². The van der Waals surface area contributed by atoms with Gasteiger partial charge >= 0.3 is 0 Å². The van der Waals surface area contributed by atoms with Gasteiger partial charge in [0.2, 0.25) is 0 Å². The maximum absolute atomic E-state index is 5.99. The Hall–Kier alpha value is -0.200. The highest BCUT2D eigenvalue weighted by molar-refractivity contribution is 9.10. The zero-order chi connectivity index (χ0) is 12.3. The van der Waals surface area contributed by atoms with E-state index in [-0.39, 0.29) is 12.1 Å². The minimum atomic E-state index is -0.0339. The average molecular weight is 332 g/mol. The summed E-state index contributed by atoms with van der Waals surface area (Å²) in [5, 5.41) is 4.11. The lowest BCUT2D eigenvalue weighted by molar-refractivity contribution is 0.0297. The molecule has 2 aromatic heterocycles. The van der Waals surface area contributed by atoms with Crippen LogP contribution in [0, 0.1) is 0 Å². The van der Waals surface area contributed by atoms with Crippen molar-refractivity contribution in [3.8, 4) is 0 Å². The molecule has 2 rings (SSSR count). The quantitative estimate of drug-likeness (QED) is 0.892. The van der Waals surface area contributed by atoms with Gasteiger partial charge in [-0.15, -0.1) is 22.7 Å². The fourth-order valence-corrected chi connectivity index (χ4v) is 3.77. The lowest BCUT2D eigenvalue weighted by atomic mass is 10.1. The van der Waals surface area contributed by atoms with Crippen LogP contribution >= 0.6 is 38.6 Å². The maximum Gasteiger partial charge on any atom is 0.107 e. The van der Waals surface area contributed by atoms with Crippen LogP contribution in [0.3, 0.4) is 0 Å². The molecule has 2 heterocycles. The summed E-state index contributed by atoms with van der Waals surface area (Å²) in [6.07, 6.45) is -0.0339. The molecule has 0 aliphatic carbocycles. The molecule has 2 atom stereocenters. The van der Waals surface area contributed by atoms with Crippen LogP contribution in [0.2, 0.25) is 0 Å². The first-order valence-electron chi connectivity index (χ1n) is 5.30. The Morgan fingerprint density at radius 1 is 1.47 bits per heavy atom. The Labute approximate surface area is 118 Å². The van der Waals surface area contributed by atoms with Crippen LogP contribution in [0.5, 0.6) is 0 Å². The van der Waals surface area contributed by atoms with E-state index in [0.29, 0.717) is 6.61 Å². The molecule has 2 N–H and O–H groups in total. The molecular weight excluding hydrogens is 318 g/mol. The Morgan fingerprint density at radius 3 is 2.82 bits per heavy atom. The number of hydrogen-bond acceptors (Lipinski definition) is 4. The lowest BCUT2D eigenvalue weighted by Gasteiger charge is -2.19. The van der Waals surface area contributed by atoms with Gasteiger partial charge in [-0.05, 0) is 40.4 Å². The first-order chi connectivity index (χ1) is 8.16. The molecule has 2 unspecified atom stereocenters. The third-order valence-corrected chi connectivity index (χ3v) is 4.94. The van der Waals surface area contributed by atoms with Crippen LogP contribution in [0.1, 0.15) is 22.8 Å². The molecule has 0 radical (unpaired) electrons. The number of halogens is 1. The molecule has 0 aliphatic heterocycles. The van der Waals surface area contributed by atoms with E-state index >= 15 is 0 Å². The molecule has 2 aromatic rings. The van der Waals surface area contributed by atoms with Crippen molar-refractivity contribution < 1.29 is 4.74 Å². The first-order valence-corrected chi connectivity index (χ1v) is 7.85. The van der Waals surface area contributed by atoms with E-state index < -0.39 is 0 Å². The van der Waals surface area contributed by atoms with Gasteiger partial charge in [0, 0.05) is 25.6 Å². The van der Waals surface area contributed by atoms with Crippen molar-refractivity contribution in [2.75, 3.05) is 0 Å². The van der Waals surface area contributed by atoms with Gasteiger partial charge in [-0.1, -0.05) is 6.07 Å². The van der Waals surface area contributed by atoms with Gasteiger partial charge in [0.25, 0.3) is 0 Å². The van der Waals surface area contributed by atoms with E-state index in [1.807, 2.05) is 13.0 Å². The summed E-state index contributed by atoms with van der Waals surface area (Å²) in [4.78, 5) is 2.40. The van der Waals surface area contributed by atoms with Crippen molar-refractivity contribution in [1.82, 2.24) is 0 Å². The van der Waals surface area contributed by atoms with Crippen LogP contribution in [-0.2, 0) is 11.3 Å². The highest BCUT2D eigenvalue weighted by Gasteiger charge is 2.19. The highest BCUT2D eigenvalue weighted by Crippen LogP contribution is 2.30. The topological polar surface area (TPSA) is 35.2 Å². The highest BCUT2D eigenvalue weighted by atomic mass is 79.9. The molecule has 0 amide bonds. The van der Waals surface area contributed by atoms with Crippen molar-refractivity contribution in [3.63, 3.8) is 0 Å². The van der Waals surface area contributed by atoms with Crippen LogP contribution in [0.4, 0.5) is 0 Å². The number of hydrogen-bond donors (Lipinski definition) is 1. The van der Waals surface area contributed by atoms with Gasteiger partial charge in [-0.2, -0.15) is 0 Å². The van der Waals surface area contributed by atoms with Gasteiger partial charge in [-0.25, -0.2) is 0 Å². The largest absolute Gasteiger partial charge is 0.366 e. The van der Waals surface area contributed by atoms with Crippen LogP contribution < -0.4 is 5.73 Å². The van der Waals surface area contributed by atoms with E-state index in [9.17, 15) is 0 Å². The van der Waals surface area contributed by atoms with Crippen molar-refractivity contribution >= 4 is 38.6 Å². The van der Waals surface area contributed by atoms with E-state index in [1.165, 1.54) is 9.75 Å².